The van der Waals surface area contributed by atoms with Crippen LogP contribution < -0.4 is 10.1 Å². The Morgan fingerprint density at radius 1 is 1.30 bits per heavy atom. The molecule has 5 nitrogen and oxygen atoms in total. The number of pyridine rings is 1. The van der Waals surface area contributed by atoms with Gasteiger partial charge >= 0.3 is 0 Å². The summed E-state index contributed by atoms with van der Waals surface area (Å²) in [6.07, 6.45) is 4.30. The van der Waals surface area contributed by atoms with Gasteiger partial charge in [-0.25, -0.2) is 15.0 Å². The third-order valence-corrected chi connectivity index (χ3v) is 3.82. The quantitative estimate of drug-likeness (QED) is 0.799. The lowest BCUT2D eigenvalue weighted by Gasteiger charge is -2.11. The maximum Gasteiger partial charge on any atom is 0.194 e. The summed E-state index contributed by atoms with van der Waals surface area (Å²) in [5, 5.41) is 4.83. The number of halogens is 1. The molecule has 0 fully saturated rings. The number of nitrogens with one attached hydrogen (secondary N) is 1. The number of hydrogen-bond acceptors (Lipinski definition) is 6. The minimum absolute atomic E-state index is 0.649. The first-order valence-corrected chi connectivity index (χ1v) is 7.77. The molecule has 106 valence electrons. The number of ether oxygens (including phenoxy) is 1. The molecule has 2 heterocycles. The molecule has 0 saturated heterocycles. The van der Waals surface area contributed by atoms with Gasteiger partial charge in [0.2, 0.25) is 0 Å². The van der Waals surface area contributed by atoms with E-state index in [1.807, 2.05) is 12.1 Å². The molecule has 0 aliphatic rings. The maximum atomic E-state index is 5.42. The summed E-state index contributed by atoms with van der Waals surface area (Å²) in [7, 11) is 1.62. The van der Waals surface area contributed by atoms with E-state index in [2.05, 4.69) is 43.1 Å². The summed E-state index contributed by atoms with van der Waals surface area (Å²) in [5.74, 6) is 1.36. The second kappa shape index (κ2) is 7.44. The molecule has 20 heavy (non-hydrogen) atoms. The summed E-state index contributed by atoms with van der Waals surface area (Å²) in [6.45, 7) is 2.94. The summed E-state index contributed by atoms with van der Waals surface area (Å²) in [4.78, 5) is 12.8. The van der Waals surface area contributed by atoms with Crippen molar-refractivity contribution in [2.24, 2.45) is 0 Å². The first-order valence-electron chi connectivity index (χ1n) is 6.17. The molecule has 2 rings (SSSR count). The highest BCUT2D eigenvalue weighted by Gasteiger charge is 2.13. The van der Waals surface area contributed by atoms with E-state index < -0.39 is 0 Å². The number of nitrogens with zero attached hydrogens (tertiary/aromatic N) is 3. The zero-order valence-electron chi connectivity index (χ0n) is 11.3. The normalized spacial score (nSPS) is 10.3. The van der Waals surface area contributed by atoms with Crippen molar-refractivity contribution in [2.45, 2.75) is 23.4 Å². The van der Waals surface area contributed by atoms with E-state index in [4.69, 9.17) is 4.74 Å². The molecule has 0 unspecified atom stereocenters. The first kappa shape index (κ1) is 15.1. The Bertz CT molecular complexity index is 565. The Labute approximate surface area is 130 Å². The summed E-state index contributed by atoms with van der Waals surface area (Å²) >= 11 is 4.81. The van der Waals surface area contributed by atoms with Gasteiger partial charge in [0, 0.05) is 17.2 Å². The van der Waals surface area contributed by atoms with E-state index in [1.165, 1.54) is 18.1 Å². The Morgan fingerprint density at radius 3 is 2.80 bits per heavy atom. The molecule has 0 saturated carbocycles. The zero-order valence-corrected chi connectivity index (χ0v) is 13.7. The molecular weight excluding hydrogens is 340 g/mol. The number of aromatic nitrogens is 3. The van der Waals surface area contributed by atoms with Gasteiger partial charge in [0.15, 0.2) is 11.6 Å². The van der Waals surface area contributed by atoms with Gasteiger partial charge in [0.05, 0.1) is 7.11 Å². The molecule has 0 atom stereocenters. The molecule has 2 aromatic heterocycles. The highest BCUT2D eigenvalue weighted by molar-refractivity contribution is 9.10. The van der Waals surface area contributed by atoms with Crippen LogP contribution in [0.1, 0.15) is 13.3 Å². The standard InChI is InChI=1S/C13H15BrN4OS/c1-3-6-15-12-11(19-2)13(18-8-17-12)20-10-5-4-9(14)7-16-10/h4-5,7-8H,3,6H2,1-2H3,(H,15,17,18). The van der Waals surface area contributed by atoms with Gasteiger partial charge in [0.1, 0.15) is 16.4 Å². The number of hydrogen-bond donors (Lipinski definition) is 1. The van der Waals surface area contributed by atoms with Crippen LogP contribution in [0, 0.1) is 0 Å². The van der Waals surface area contributed by atoms with Gasteiger partial charge in [-0.3, -0.25) is 0 Å². The fourth-order valence-corrected chi connectivity index (χ4v) is 2.55. The third kappa shape index (κ3) is 3.83. The smallest absolute Gasteiger partial charge is 0.194 e. The lowest BCUT2D eigenvalue weighted by molar-refractivity contribution is 0.400. The van der Waals surface area contributed by atoms with Gasteiger partial charge in [-0.2, -0.15) is 0 Å². The molecule has 7 heteroatoms. The van der Waals surface area contributed by atoms with Crippen molar-refractivity contribution in [3.8, 4) is 5.75 Å². The van der Waals surface area contributed by atoms with Crippen molar-refractivity contribution < 1.29 is 4.74 Å². The number of rotatable bonds is 6. The van der Waals surface area contributed by atoms with Crippen LogP contribution in [-0.4, -0.2) is 28.6 Å². The van der Waals surface area contributed by atoms with Gasteiger partial charge in [-0.05, 0) is 46.2 Å². The number of anilines is 1. The number of methoxy groups -OCH3 is 1. The average molecular weight is 355 g/mol. The second-order valence-electron chi connectivity index (χ2n) is 3.90. The van der Waals surface area contributed by atoms with Crippen LogP contribution in [0.2, 0.25) is 0 Å². The van der Waals surface area contributed by atoms with E-state index in [9.17, 15) is 0 Å². The summed E-state index contributed by atoms with van der Waals surface area (Å²) in [6, 6.07) is 3.87. The molecule has 2 aromatic rings. The van der Waals surface area contributed by atoms with Crippen molar-refractivity contribution in [1.82, 2.24) is 15.0 Å². The third-order valence-electron chi connectivity index (χ3n) is 2.42. The van der Waals surface area contributed by atoms with Crippen LogP contribution in [0.5, 0.6) is 5.75 Å². The first-order chi connectivity index (χ1) is 9.74. The maximum absolute atomic E-state index is 5.42. The Morgan fingerprint density at radius 2 is 2.15 bits per heavy atom. The van der Waals surface area contributed by atoms with Crippen molar-refractivity contribution in [1.29, 1.82) is 0 Å². The van der Waals surface area contributed by atoms with Crippen LogP contribution in [0.25, 0.3) is 0 Å². The zero-order chi connectivity index (χ0) is 14.4. The molecule has 0 amide bonds. The van der Waals surface area contributed by atoms with Crippen molar-refractivity contribution >= 4 is 33.5 Å². The summed E-state index contributed by atoms with van der Waals surface area (Å²) in [5.41, 5.74) is 0. The minimum atomic E-state index is 0.649. The summed E-state index contributed by atoms with van der Waals surface area (Å²) < 4.78 is 6.37. The lowest BCUT2D eigenvalue weighted by atomic mass is 10.4. The Balaban J connectivity index is 2.24. The van der Waals surface area contributed by atoms with E-state index in [0.29, 0.717) is 11.6 Å². The van der Waals surface area contributed by atoms with Crippen molar-refractivity contribution in [2.75, 3.05) is 19.0 Å². The van der Waals surface area contributed by atoms with Crippen LogP contribution in [0.15, 0.2) is 39.2 Å². The molecule has 0 aliphatic carbocycles. The van der Waals surface area contributed by atoms with Crippen LogP contribution in [-0.2, 0) is 0 Å². The molecule has 0 aliphatic heterocycles. The fraction of sp³-hybridized carbons (Fsp3) is 0.308. The second-order valence-corrected chi connectivity index (χ2v) is 5.83. The molecule has 0 radical (unpaired) electrons. The van der Waals surface area contributed by atoms with Gasteiger partial charge in [-0.1, -0.05) is 6.92 Å². The van der Waals surface area contributed by atoms with Gasteiger partial charge < -0.3 is 10.1 Å². The lowest BCUT2D eigenvalue weighted by Crippen LogP contribution is -2.05. The Kier molecular flexibility index (Phi) is 5.60. The van der Waals surface area contributed by atoms with Gasteiger partial charge in [-0.15, -0.1) is 0 Å². The van der Waals surface area contributed by atoms with Crippen molar-refractivity contribution in [3.05, 3.63) is 29.1 Å². The van der Waals surface area contributed by atoms with Crippen LogP contribution >= 0.6 is 27.7 Å². The molecular formula is C13H15BrN4OS. The molecule has 1 N–H and O–H groups in total. The van der Waals surface area contributed by atoms with E-state index >= 15 is 0 Å². The highest BCUT2D eigenvalue weighted by Crippen LogP contribution is 2.35. The monoisotopic (exact) mass is 354 g/mol. The van der Waals surface area contributed by atoms with Crippen LogP contribution in [0.3, 0.4) is 0 Å². The Hall–Kier alpha value is -1.34. The van der Waals surface area contributed by atoms with E-state index in [0.717, 1.165) is 27.5 Å². The average Bonchev–Trinajstić information content (AvgIpc) is 2.47. The predicted molar refractivity (Wildman–Crippen MR) is 83.4 cm³/mol. The SMILES string of the molecule is CCCNc1ncnc(Sc2ccc(Br)cn2)c1OC. The van der Waals surface area contributed by atoms with E-state index in [-0.39, 0.29) is 0 Å². The van der Waals surface area contributed by atoms with Crippen molar-refractivity contribution in [3.63, 3.8) is 0 Å². The van der Waals surface area contributed by atoms with Gasteiger partial charge in [0.25, 0.3) is 0 Å². The van der Waals surface area contributed by atoms with Crippen LogP contribution in [0.4, 0.5) is 5.82 Å². The largest absolute Gasteiger partial charge is 0.490 e. The van der Waals surface area contributed by atoms with E-state index in [1.54, 1.807) is 13.3 Å². The minimum Gasteiger partial charge on any atom is -0.490 e. The predicted octanol–water partition coefficient (Wildman–Crippen LogP) is 3.62. The fourth-order valence-electron chi connectivity index (χ4n) is 1.51. The highest BCUT2D eigenvalue weighted by atomic mass is 79.9. The molecule has 0 spiro atoms. The molecule has 0 bridgehead atoms. The topological polar surface area (TPSA) is 59.9 Å². The molecule has 0 aromatic carbocycles.